The minimum Gasteiger partial charge on any atom is -0.344 e. The van der Waals surface area contributed by atoms with Crippen LogP contribution < -0.4 is 6.15 Å². The molecule has 0 heterocycles. The van der Waals surface area contributed by atoms with Crippen molar-refractivity contribution < 1.29 is 0 Å². The highest BCUT2D eigenvalue weighted by Gasteiger charge is 1.96. The highest BCUT2D eigenvalue weighted by molar-refractivity contribution is 6.31. The summed E-state index contributed by atoms with van der Waals surface area (Å²) >= 11 is 5.96. The summed E-state index contributed by atoms with van der Waals surface area (Å²) < 4.78 is 0. The smallest absolute Gasteiger partial charge is 0.0437 e. The van der Waals surface area contributed by atoms with Crippen molar-refractivity contribution in [3.63, 3.8) is 0 Å². The number of hydrogen-bond acceptors (Lipinski definition) is 1. The van der Waals surface area contributed by atoms with Gasteiger partial charge in [0.05, 0.1) is 0 Å². The van der Waals surface area contributed by atoms with Crippen molar-refractivity contribution in [2.45, 2.75) is 26.2 Å². The van der Waals surface area contributed by atoms with Crippen LogP contribution in [0.3, 0.4) is 0 Å². The molecule has 0 bridgehead atoms. The van der Waals surface area contributed by atoms with Crippen molar-refractivity contribution in [2.24, 2.45) is 0 Å². The molecule has 0 aliphatic carbocycles. The van der Waals surface area contributed by atoms with Gasteiger partial charge in [-0.15, -0.1) is 0 Å². The van der Waals surface area contributed by atoms with Gasteiger partial charge in [-0.2, -0.15) is 0 Å². The fourth-order valence-corrected chi connectivity index (χ4v) is 1.30. The summed E-state index contributed by atoms with van der Waals surface area (Å²) in [6.45, 7) is 2.19. The van der Waals surface area contributed by atoms with E-state index >= 15 is 0 Å². The van der Waals surface area contributed by atoms with Crippen molar-refractivity contribution in [2.75, 3.05) is 0 Å². The first kappa shape index (κ1) is 11.5. The Kier molecular flexibility index (Phi) is 5.77. The molecule has 2 heteroatoms. The van der Waals surface area contributed by atoms with Crippen LogP contribution in [0.2, 0.25) is 5.02 Å². The van der Waals surface area contributed by atoms with E-state index in [-0.39, 0.29) is 6.15 Å². The van der Waals surface area contributed by atoms with Crippen LogP contribution in [0.25, 0.3) is 0 Å². The summed E-state index contributed by atoms with van der Waals surface area (Å²) in [5.41, 5.74) is 1.27. The standard InChI is InChI=1S/C10H13Cl.H3N/c1-2-3-6-9-7-4-5-8-10(9)11;/h4-5,7-8H,2-3,6H2,1H3;1H3. The van der Waals surface area contributed by atoms with Crippen molar-refractivity contribution in [1.82, 2.24) is 6.15 Å². The topological polar surface area (TPSA) is 35.0 Å². The van der Waals surface area contributed by atoms with Crippen LogP contribution in [0.4, 0.5) is 0 Å². The van der Waals surface area contributed by atoms with Crippen LogP contribution in [0, 0.1) is 0 Å². The molecule has 0 fully saturated rings. The average molecular weight is 186 g/mol. The molecule has 1 nitrogen and oxygen atoms in total. The third-order valence-electron chi connectivity index (χ3n) is 1.76. The molecule has 0 saturated carbocycles. The van der Waals surface area contributed by atoms with E-state index in [4.69, 9.17) is 11.6 Å². The summed E-state index contributed by atoms with van der Waals surface area (Å²) in [5, 5.41) is 0.904. The molecule has 0 atom stereocenters. The SMILES string of the molecule is CCCCc1ccccc1Cl.N. The largest absolute Gasteiger partial charge is 0.344 e. The Morgan fingerprint density at radius 2 is 1.92 bits per heavy atom. The molecular weight excluding hydrogens is 170 g/mol. The minimum atomic E-state index is 0. The van der Waals surface area contributed by atoms with Crippen molar-refractivity contribution in [1.29, 1.82) is 0 Å². The number of hydrogen-bond donors (Lipinski definition) is 1. The molecule has 0 aliphatic heterocycles. The average Bonchev–Trinajstić information content (AvgIpc) is 2.03. The summed E-state index contributed by atoms with van der Waals surface area (Å²) in [7, 11) is 0. The molecule has 0 aromatic heterocycles. The number of halogens is 1. The zero-order chi connectivity index (χ0) is 8.10. The number of benzene rings is 1. The third-order valence-corrected chi connectivity index (χ3v) is 2.13. The Hall–Kier alpha value is -0.530. The highest BCUT2D eigenvalue weighted by Crippen LogP contribution is 2.16. The predicted molar refractivity (Wildman–Crippen MR) is 55.1 cm³/mol. The van der Waals surface area contributed by atoms with Crippen molar-refractivity contribution in [3.8, 4) is 0 Å². The number of aryl methyl sites for hydroxylation is 1. The van der Waals surface area contributed by atoms with Gasteiger partial charge in [0.25, 0.3) is 0 Å². The molecule has 1 rings (SSSR count). The second kappa shape index (κ2) is 6.04. The monoisotopic (exact) mass is 185 g/mol. The molecule has 12 heavy (non-hydrogen) atoms. The molecule has 1 aromatic rings. The Bertz CT molecular complexity index is 223. The second-order valence-electron chi connectivity index (χ2n) is 2.69. The fourth-order valence-electron chi connectivity index (χ4n) is 1.07. The van der Waals surface area contributed by atoms with Crippen LogP contribution in [-0.2, 0) is 6.42 Å². The number of unbranched alkanes of at least 4 members (excludes halogenated alkanes) is 1. The van der Waals surface area contributed by atoms with Gasteiger partial charge < -0.3 is 6.15 Å². The van der Waals surface area contributed by atoms with Crippen LogP contribution in [0.15, 0.2) is 24.3 Å². The summed E-state index contributed by atoms with van der Waals surface area (Å²) in [4.78, 5) is 0. The van der Waals surface area contributed by atoms with E-state index in [1.165, 1.54) is 18.4 Å². The molecule has 1 aromatic carbocycles. The van der Waals surface area contributed by atoms with Crippen LogP contribution in [0.1, 0.15) is 25.3 Å². The Balaban J connectivity index is 0.00000121. The Morgan fingerprint density at radius 3 is 2.50 bits per heavy atom. The zero-order valence-corrected chi connectivity index (χ0v) is 8.27. The van der Waals surface area contributed by atoms with E-state index in [1.807, 2.05) is 18.2 Å². The lowest BCUT2D eigenvalue weighted by Crippen LogP contribution is -1.84. The van der Waals surface area contributed by atoms with Crippen LogP contribution in [0.5, 0.6) is 0 Å². The summed E-state index contributed by atoms with van der Waals surface area (Å²) in [6, 6.07) is 8.05. The molecule has 0 saturated heterocycles. The molecule has 0 unspecified atom stereocenters. The first-order valence-corrected chi connectivity index (χ1v) is 4.45. The molecular formula is C10H16ClN. The van der Waals surface area contributed by atoms with E-state index < -0.39 is 0 Å². The number of rotatable bonds is 3. The molecule has 3 N–H and O–H groups in total. The molecule has 0 spiro atoms. The Labute approximate surface area is 79.3 Å². The highest BCUT2D eigenvalue weighted by atomic mass is 35.5. The lowest BCUT2D eigenvalue weighted by atomic mass is 10.1. The van der Waals surface area contributed by atoms with E-state index in [0.717, 1.165) is 11.4 Å². The molecule has 0 aliphatic rings. The maximum atomic E-state index is 5.96. The van der Waals surface area contributed by atoms with Gasteiger partial charge in [-0.3, -0.25) is 0 Å². The molecule has 0 amide bonds. The van der Waals surface area contributed by atoms with Gasteiger partial charge in [0.1, 0.15) is 0 Å². The maximum Gasteiger partial charge on any atom is 0.0437 e. The van der Waals surface area contributed by atoms with Gasteiger partial charge in [-0.05, 0) is 24.5 Å². The Morgan fingerprint density at radius 1 is 1.25 bits per heavy atom. The van der Waals surface area contributed by atoms with E-state index in [2.05, 4.69) is 13.0 Å². The third kappa shape index (κ3) is 3.24. The summed E-state index contributed by atoms with van der Waals surface area (Å²) in [6.07, 6.45) is 3.56. The summed E-state index contributed by atoms with van der Waals surface area (Å²) in [5.74, 6) is 0. The van der Waals surface area contributed by atoms with Gasteiger partial charge >= 0.3 is 0 Å². The van der Waals surface area contributed by atoms with Gasteiger partial charge in [0, 0.05) is 5.02 Å². The second-order valence-corrected chi connectivity index (χ2v) is 3.10. The zero-order valence-electron chi connectivity index (χ0n) is 7.52. The van der Waals surface area contributed by atoms with Crippen molar-refractivity contribution >= 4 is 11.6 Å². The van der Waals surface area contributed by atoms with Gasteiger partial charge in [0.15, 0.2) is 0 Å². The first-order valence-electron chi connectivity index (χ1n) is 4.08. The normalized spacial score (nSPS) is 9.17. The quantitative estimate of drug-likeness (QED) is 0.763. The van der Waals surface area contributed by atoms with Crippen LogP contribution in [-0.4, -0.2) is 0 Å². The van der Waals surface area contributed by atoms with Gasteiger partial charge in [-0.25, -0.2) is 0 Å². The molecule has 68 valence electrons. The van der Waals surface area contributed by atoms with E-state index in [9.17, 15) is 0 Å². The van der Waals surface area contributed by atoms with Gasteiger partial charge in [-0.1, -0.05) is 43.1 Å². The van der Waals surface area contributed by atoms with Crippen molar-refractivity contribution in [3.05, 3.63) is 34.9 Å². The van der Waals surface area contributed by atoms with E-state index in [1.54, 1.807) is 0 Å². The lowest BCUT2D eigenvalue weighted by molar-refractivity contribution is 0.795. The van der Waals surface area contributed by atoms with E-state index in [0.29, 0.717) is 0 Å². The fraction of sp³-hybridized carbons (Fsp3) is 0.400. The lowest BCUT2D eigenvalue weighted by Gasteiger charge is -2.00. The van der Waals surface area contributed by atoms with Gasteiger partial charge in [0.2, 0.25) is 0 Å². The first-order chi connectivity index (χ1) is 5.34. The maximum absolute atomic E-state index is 5.96. The minimum absolute atomic E-state index is 0. The van der Waals surface area contributed by atoms with Crippen LogP contribution >= 0.6 is 11.6 Å². The molecule has 0 radical (unpaired) electrons. The predicted octanol–water partition coefficient (Wildman–Crippen LogP) is 3.84.